The molecular formula is C17H21F3N4O3. The summed E-state index contributed by atoms with van der Waals surface area (Å²) in [6.45, 7) is 1.42. The molecule has 27 heavy (non-hydrogen) atoms. The van der Waals surface area contributed by atoms with Crippen LogP contribution in [0.15, 0.2) is 18.2 Å². The Morgan fingerprint density at radius 1 is 1.19 bits per heavy atom. The van der Waals surface area contributed by atoms with Gasteiger partial charge in [0.25, 0.3) is 5.69 Å². The van der Waals surface area contributed by atoms with E-state index in [1.807, 2.05) is 0 Å². The largest absolute Gasteiger partial charge is 0.416 e. The molecule has 3 rings (SSSR count). The van der Waals surface area contributed by atoms with Gasteiger partial charge in [0.2, 0.25) is 5.91 Å². The molecule has 1 aromatic rings. The van der Waals surface area contributed by atoms with Crippen molar-refractivity contribution in [3.63, 3.8) is 0 Å². The summed E-state index contributed by atoms with van der Waals surface area (Å²) in [6, 6.07) is 2.59. The van der Waals surface area contributed by atoms with E-state index in [0.29, 0.717) is 38.7 Å². The van der Waals surface area contributed by atoms with E-state index in [0.717, 1.165) is 25.0 Å². The summed E-state index contributed by atoms with van der Waals surface area (Å²) in [6.07, 6.45) is -2.38. The number of rotatable bonds is 3. The van der Waals surface area contributed by atoms with Crippen molar-refractivity contribution >= 4 is 17.3 Å². The molecule has 2 N–H and O–H groups in total. The highest BCUT2D eigenvalue weighted by atomic mass is 19.4. The Balaban J connectivity index is 1.70. The molecule has 0 aromatic heterocycles. The first-order valence-electron chi connectivity index (χ1n) is 8.81. The monoisotopic (exact) mass is 386 g/mol. The number of nitro benzene ring substituents is 1. The van der Waals surface area contributed by atoms with Crippen LogP contribution in [0.25, 0.3) is 0 Å². The Labute approximate surface area is 154 Å². The Bertz CT molecular complexity index is 733. The Morgan fingerprint density at radius 2 is 1.85 bits per heavy atom. The van der Waals surface area contributed by atoms with Crippen LogP contribution in [0.2, 0.25) is 0 Å². The Morgan fingerprint density at radius 3 is 2.37 bits per heavy atom. The summed E-state index contributed by atoms with van der Waals surface area (Å²) < 4.78 is 38.5. The highest BCUT2D eigenvalue weighted by Gasteiger charge is 2.36. The fourth-order valence-corrected chi connectivity index (χ4v) is 3.78. The molecule has 148 valence electrons. The van der Waals surface area contributed by atoms with Crippen molar-refractivity contribution in [2.45, 2.75) is 31.5 Å². The van der Waals surface area contributed by atoms with Gasteiger partial charge in [-0.15, -0.1) is 0 Å². The van der Waals surface area contributed by atoms with Gasteiger partial charge in [-0.3, -0.25) is 14.9 Å². The van der Waals surface area contributed by atoms with Gasteiger partial charge in [0, 0.05) is 44.2 Å². The number of hydrogen-bond donors (Lipinski definition) is 1. The molecule has 1 amide bonds. The number of nitro groups is 1. The lowest BCUT2D eigenvalue weighted by Crippen LogP contribution is -2.50. The number of carbonyl (C=O) groups is 1. The van der Waals surface area contributed by atoms with E-state index in [-0.39, 0.29) is 23.6 Å². The van der Waals surface area contributed by atoms with Crippen molar-refractivity contribution in [3.05, 3.63) is 33.9 Å². The van der Waals surface area contributed by atoms with Crippen LogP contribution in [0.3, 0.4) is 0 Å². The van der Waals surface area contributed by atoms with Crippen molar-refractivity contribution < 1.29 is 22.9 Å². The van der Waals surface area contributed by atoms with Gasteiger partial charge in [-0.1, -0.05) is 0 Å². The molecule has 1 heterocycles. The standard InChI is InChI=1S/C17H21F3N4O3/c18-17(19,20)12-2-4-14(15(10-12)24(26)27)22-5-7-23(8-6-22)16(25)11-1-3-13(21)9-11/h2,4,10-11,13H,1,3,5-9,21H2. The molecule has 1 saturated carbocycles. The minimum Gasteiger partial charge on any atom is -0.362 e. The summed E-state index contributed by atoms with van der Waals surface area (Å²) in [5.74, 6) is -0.0310. The predicted octanol–water partition coefficient (Wildman–Crippen LogP) is 2.39. The number of halogens is 3. The molecule has 0 radical (unpaired) electrons. The Kier molecular flexibility index (Phi) is 5.27. The van der Waals surface area contributed by atoms with E-state index < -0.39 is 22.4 Å². The lowest BCUT2D eigenvalue weighted by atomic mass is 10.1. The number of nitrogens with zero attached hydrogens (tertiary/aromatic N) is 3. The van der Waals surface area contributed by atoms with E-state index in [1.165, 1.54) is 0 Å². The number of benzene rings is 1. The minimum atomic E-state index is -4.64. The first-order valence-corrected chi connectivity index (χ1v) is 8.81. The molecule has 2 aliphatic rings. The third-order valence-electron chi connectivity index (χ3n) is 5.25. The lowest BCUT2D eigenvalue weighted by Gasteiger charge is -2.37. The summed E-state index contributed by atoms with van der Waals surface area (Å²) in [5.41, 5.74) is 4.37. The number of anilines is 1. The maximum atomic E-state index is 12.8. The van der Waals surface area contributed by atoms with Crippen molar-refractivity contribution in [2.75, 3.05) is 31.1 Å². The van der Waals surface area contributed by atoms with E-state index in [1.54, 1.807) is 9.80 Å². The van der Waals surface area contributed by atoms with Crippen LogP contribution < -0.4 is 10.6 Å². The smallest absolute Gasteiger partial charge is 0.362 e. The van der Waals surface area contributed by atoms with E-state index in [4.69, 9.17) is 5.73 Å². The normalized spacial score (nSPS) is 23.6. The van der Waals surface area contributed by atoms with Crippen molar-refractivity contribution in [3.8, 4) is 0 Å². The van der Waals surface area contributed by atoms with Crippen LogP contribution in [0.1, 0.15) is 24.8 Å². The third-order valence-corrected chi connectivity index (χ3v) is 5.25. The van der Waals surface area contributed by atoms with Crippen molar-refractivity contribution in [1.82, 2.24) is 4.90 Å². The maximum Gasteiger partial charge on any atom is 0.416 e. The van der Waals surface area contributed by atoms with Crippen LogP contribution in [0.4, 0.5) is 24.5 Å². The van der Waals surface area contributed by atoms with Crippen LogP contribution in [0.5, 0.6) is 0 Å². The van der Waals surface area contributed by atoms with Gasteiger partial charge in [-0.05, 0) is 31.4 Å². The summed E-state index contributed by atoms with van der Waals surface area (Å²) in [5, 5.41) is 11.3. The quantitative estimate of drug-likeness (QED) is 0.636. The van der Waals surface area contributed by atoms with Gasteiger partial charge in [0.1, 0.15) is 5.69 Å². The fourth-order valence-electron chi connectivity index (χ4n) is 3.78. The lowest BCUT2D eigenvalue weighted by molar-refractivity contribution is -0.384. The highest BCUT2D eigenvalue weighted by molar-refractivity contribution is 5.79. The van der Waals surface area contributed by atoms with Crippen LogP contribution in [-0.4, -0.2) is 48.0 Å². The summed E-state index contributed by atoms with van der Waals surface area (Å²) in [7, 11) is 0. The van der Waals surface area contributed by atoms with Gasteiger partial charge in [-0.25, -0.2) is 0 Å². The second-order valence-corrected chi connectivity index (χ2v) is 7.04. The molecule has 2 fully saturated rings. The van der Waals surface area contributed by atoms with Gasteiger partial charge in [0.15, 0.2) is 0 Å². The summed E-state index contributed by atoms with van der Waals surface area (Å²) >= 11 is 0. The summed E-state index contributed by atoms with van der Waals surface area (Å²) in [4.78, 5) is 26.4. The molecule has 1 aromatic carbocycles. The molecule has 1 aliphatic carbocycles. The zero-order valence-electron chi connectivity index (χ0n) is 14.6. The van der Waals surface area contributed by atoms with Gasteiger partial charge < -0.3 is 15.5 Å². The second kappa shape index (κ2) is 7.34. The van der Waals surface area contributed by atoms with Crippen LogP contribution >= 0.6 is 0 Å². The van der Waals surface area contributed by atoms with Gasteiger partial charge in [0.05, 0.1) is 10.5 Å². The first kappa shape index (κ1) is 19.4. The third kappa shape index (κ3) is 4.15. The van der Waals surface area contributed by atoms with E-state index in [9.17, 15) is 28.1 Å². The molecule has 2 unspecified atom stereocenters. The fraction of sp³-hybridized carbons (Fsp3) is 0.588. The molecule has 7 nitrogen and oxygen atoms in total. The van der Waals surface area contributed by atoms with Gasteiger partial charge in [-0.2, -0.15) is 13.2 Å². The number of carbonyl (C=O) groups excluding carboxylic acids is 1. The SMILES string of the molecule is NC1CCC(C(=O)N2CCN(c3ccc(C(F)(F)F)cc3[N+](=O)[O-])CC2)C1. The number of piperazine rings is 1. The molecule has 1 saturated heterocycles. The number of amides is 1. The molecule has 1 aliphatic heterocycles. The Hall–Kier alpha value is -2.36. The molecule has 2 atom stereocenters. The zero-order chi connectivity index (χ0) is 19.8. The maximum absolute atomic E-state index is 12.8. The zero-order valence-corrected chi connectivity index (χ0v) is 14.6. The number of nitrogens with two attached hydrogens (primary N) is 1. The molecule has 10 heteroatoms. The van der Waals surface area contributed by atoms with Crippen molar-refractivity contribution in [2.24, 2.45) is 11.7 Å². The predicted molar refractivity (Wildman–Crippen MR) is 92.2 cm³/mol. The van der Waals surface area contributed by atoms with Crippen molar-refractivity contribution in [1.29, 1.82) is 0 Å². The second-order valence-electron chi connectivity index (χ2n) is 7.04. The number of hydrogen-bond acceptors (Lipinski definition) is 5. The van der Waals surface area contributed by atoms with Crippen LogP contribution in [0, 0.1) is 16.0 Å². The van der Waals surface area contributed by atoms with E-state index in [2.05, 4.69) is 0 Å². The molecular weight excluding hydrogens is 365 g/mol. The topological polar surface area (TPSA) is 92.7 Å². The molecule has 0 bridgehead atoms. The molecule has 0 spiro atoms. The van der Waals surface area contributed by atoms with Gasteiger partial charge >= 0.3 is 6.18 Å². The van der Waals surface area contributed by atoms with Crippen LogP contribution in [-0.2, 0) is 11.0 Å². The average molecular weight is 386 g/mol. The van der Waals surface area contributed by atoms with E-state index >= 15 is 0 Å². The number of alkyl halides is 3. The average Bonchev–Trinajstić information content (AvgIpc) is 3.06. The first-order chi connectivity index (χ1) is 12.7. The minimum absolute atomic E-state index is 0.0459. The highest BCUT2D eigenvalue weighted by Crippen LogP contribution is 2.37.